The summed E-state index contributed by atoms with van der Waals surface area (Å²) in [7, 11) is -3.59. The van der Waals surface area contributed by atoms with E-state index < -0.39 is 10.0 Å². The van der Waals surface area contributed by atoms with Gasteiger partial charge in [0.05, 0.1) is 4.90 Å². The molecule has 1 aromatic heterocycles. The zero-order chi connectivity index (χ0) is 19.8. The van der Waals surface area contributed by atoms with E-state index in [-0.39, 0.29) is 12.0 Å². The monoisotopic (exact) mass is 384 g/mol. The molecule has 1 unspecified atom stereocenters. The number of hydrogen-bond donors (Lipinski definition) is 2. The molecule has 0 saturated carbocycles. The minimum Gasteiger partial charge on any atom is -0.361 e. The first-order valence-corrected chi connectivity index (χ1v) is 10.9. The van der Waals surface area contributed by atoms with Crippen LogP contribution in [-0.4, -0.2) is 19.4 Å². The van der Waals surface area contributed by atoms with Gasteiger partial charge in [0, 0.05) is 17.8 Å². The lowest BCUT2D eigenvalue weighted by Gasteiger charge is -2.25. The summed E-state index contributed by atoms with van der Waals surface area (Å²) < 4.78 is 29.3. The molecule has 2 aromatic carbocycles. The van der Waals surface area contributed by atoms with Gasteiger partial charge in [0.25, 0.3) is 0 Å². The first kappa shape index (κ1) is 19.6. The maximum Gasteiger partial charge on any atom is 0.241 e. The molecule has 0 fully saturated rings. The highest BCUT2D eigenvalue weighted by Crippen LogP contribution is 2.27. The lowest BCUT2D eigenvalue weighted by atomic mass is 9.92. The van der Waals surface area contributed by atoms with E-state index in [2.05, 4.69) is 34.8 Å². The number of H-pyrrole nitrogens is 1. The third-order valence-electron chi connectivity index (χ3n) is 5.33. The first-order chi connectivity index (χ1) is 12.7. The van der Waals surface area contributed by atoms with E-state index in [1.807, 2.05) is 52.1 Å². The molecule has 0 aliphatic rings. The summed E-state index contributed by atoms with van der Waals surface area (Å²) in [6, 6.07) is 12.0. The van der Waals surface area contributed by atoms with Crippen molar-refractivity contribution in [2.75, 3.05) is 0 Å². The van der Waals surface area contributed by atoms with Crippen LogP contribution in [0.15, 0.2) is 47.5 Å². The molecule has 144 valence electrons. The van der Waals surface area contributed by atoms with Crippen LogP contribution in [0.3, 0.4) is 0 Å². The van der Waals surface area contributed by atoms with Crippen molar-refractivity contribution in [1.29, 1.82) is 0 Å². The van der Waals surface area contributed by atoms with E-state index in [1.165, 1.54) is 0 Å². The second-order valence-corrected chi connectivity index (χ2v) is 9.13. The van der Waals surface area contributed by atoms with Gasteiger partial charge in [0.1, 0.15) is 0 Å². The van der Waals surface area contributed by atoms with Gasteiger partial charge in [-0.25, -0.2) is 13.1 Å². The van der Waals surface area contributed by atoms with Gasteiger partial charge in [0.15, 0.2) is 0 Å². The zero-order valence-electron chi connectivity index (χ0n) is 16.6. The molecule has 4 nitrogen and oxygen atoms in total. The average molecular weight is 385 g/mol. The second kappa shape index (κ2) is 7.49. The quantitative estimate of drug-likeness (QED) is 0.631. The van der Waals surface area contributed by atoms with Crippen LogP contribution in [0, 0.1) is 20.8 Å². The van der Waals surface area contributed by atoms with Gasteiger partial charge < -0.3 is 4.98 Å². The van der Waals surface area contributed by atoms with Crippen molar-refractivity contribution in [3.63, 3.8) is 0 Å². The van der Waals surface area contributed by atoms with Crippen LogP contribution in [-0.2, 0) is 10.0 Å². The number of aromatic nitrogens is 1. The molecule has 0 amide bonds. The molecule has 5 heteroatoms. The largest absolute Gasteiger partial charge is 0.361 e. The Morgan fingerprint density at radius 1 is 1.04 bits per heavy atom. The number of rotatable bonds is 6. The average Bonchev–Trinajstić information content (AvgIpc) is 3.05. The van der Waals surface area contributed by atoms with E-state index in [9.17, 15) is 8.42 Å². The highest BCUT2D eigenvalue weighted by Gasteiger charge is 2.27. The van der Waals surface area contributed by atoms with Crippen molar-refractivity contribution in [1.82, 2.24) is 9.71 Å². The summed E-state index contributed by atoms with van der Waals surface area (Å²) in [5, 5.41) is 1.16. The number of hydrogen-bond acceptors (Lipinski definition) is 2. The third-order valence-corrected chi connectivity index (χ3v) is 7.12. The van der Waals surface area contributed by atoms with Crippen LogP contribution in [0.1, 0.15) is 48.4 Å². The predicted octanol–water partition coefficient (Wildman–Crippen LogP) is 4.95. The van der Waals surface area contributed by atoms with Crippen LogP contribution >= 0.6 is 0 Å². The third kappa shape index (κ3) is 3.94. The molecule has 0 radical (unpaired) electrons. The number of benzene rings is 2. The SMILES string of the molecule is CC[C@H](NS(=O)(=O)c1c(C)cc(C)cc1C)C(C)c1ccc2cc[nH]c2c1. The Hall–Kier alpha value is -2.11. The number of aromatic amines is 1. The van der Waals surface area contributed by atoms with Crippen molar-refractivity contribution in [2.24, 2.45) is 0 Å². The Balaban J connectivity index is 1.91. The molecule has 0 aliphatic carbocycles. The highest BCUT2D eigenvalue weighted by atomic mass is 32.2. The summed E-state index contributed by atoms with van der Waals surface area (Å²) in [5.74, 6) is 0.0588. The molecule has 1 heterocycles. The molecular weight excluding hydrogens is 356 g/mol. The van der Waals surface area contributed by atoms with E-state index in [0.29, 0.717) is 11.3 Å². The minimum atomic E-state index is -3.59. The molecule has 0 bridgehead atoms. The van der Waals surface area contributed by atoms with Gasteiger partial charge in [0.2, 0.25) is 10.0 Å². The molecule has 2 atom stereocenters. The molecule has 2 N–H and O–H groups in total. The fourth-order valence-electron chi connectivity index (χ4n) is 3.97. The highest BCUT2D eigenvalue weighted by molar-refractivity contribution is 7.89. The smallest absolute Gasteiger partial charge is 0.241 e. The molecule has 27 heavy (non-hydrogen) atoms. The molecule has 3 rings (SSSR count). The van der Waals surface area contributed by atoms with E-state index in [0.717, 1.165) is 33.2 Å². The number of nitrogens with one attached hydrogen (secondary N) is 2. The van der Waals surface area contributed by atoms with Crippen LogP contribution in [0.2, 0.25) is 0 Å². The Morgan fingerprint density at radius 3 is 2.33 bits per heavy atom. The maximum absolute atomic E-state index is 13.1. The number of aryl methyl sites for hydroxylation is 3. The summed E-state index contributed by atoms with van der Waals surface area (Å²) in [4.78, 5) is 3.63. The molecule has 3 aromatic rings. The van der Waals surface area contributed by atoms with E-state index >= 15 is 0 Å². The minimum absolute atomic E-state index is 0.0588. The van der Waals surface area contributed by atoms with Crippen molar-refractivity contribution in [2.45, 2.75) is 57.9 Å². The summed E-state index contributed by atoms with van der Waals surface area (Å²) >= 11 is 0. The molecular formula is C22H28N2O2S. The molecule has 0 spiro atoms. The zero-order valence-corrected chi connectivity index (χ0v) is 17.4. The topological polar surface area (TPSA) is 62.0 Å². The van der Waals surface area contributed by atoms with Crippen LogP contribution in [0.5, 0.6) is 0 Å². The maximum atomic E-state index is 13.1. The van der Waals surface area contributed by atoms with E-state index in [1.54, 1.807) is 0 Å². The summed E-state index contributed by atoms with van der Waals surface area (Å²) in [6.45, 7) is 9.80. The Kier molecular flexibility index (Phi) is 5.45. The summed E-state index contributed by atoms with van der Waals surface area (Å²) in [5.41, 5.74) is 4.84. The lowest BCUT2D eigenvalue weighted by Crippen LogP contribution is -2.38. The van der Waals surface area contributed by atoms with Gasteiger partial charge >= 0.3 is 0 Å². The van der Waals surface area contributed by atoms with Gasteiger partial charge in [-0.1, -0.05) is 43.7 Å². The van der Waals surface area contributed by atoms with Crippen LogP contribution < -0.4 is 4.72 Å². The standard InChI is InChI=1S/C22H28N2O2S/c1-6-20(17(5)19-8-7-18-9-10-23-21(18)13-19)24-27(25,26)22-15(3)11-14(2)12-16(22)4/h7-13,17,20,23-24H,6H2,1-5H3/t17?,20-/m0/s1. The fourth-order valence-corrected chi connectivity index (χ4v) is 5.82. The Bertz CT molecular complexity index is 1040. The van der Waals surface area contributed by atoms with Crippen LogP contribution in [0.4, 0.5) is 0 Å². The predicted molar refractivity (Wildman–Crippen MR) is 112 cm³/mol. The van der Waals surface area contributed by atoms with Crippen LogP contribution in [0.25, 0.3) is 10.9 Å². The number of fused-ring (bicyclic) bond motifs is 1. The van der Waals surface area contributed by atoms with Crippen molar-refractivity contribution < 1.29 is 8.42 Å². The second-order valence-electron chi connectivity index (χ2n) is 7.48. The van der Waals surface area contributed by atoms with Gasteiger partial charge in [-0.05, 0) is 67.3 Å². The normalized spacial score (nSPS) is 14.4. The number of sulfonamides is 1. The van der Waals surface area contributed by atoms with Crippen molar-refractivity contribution >= 4 is 20.9 Å². The van der Waals surface area contributed by atoms with E-state index in [4.69, 9.17) is 0 Å². The molecule has 0 saturated heterocycles. The summed E-state index contributed by atoms with van der Waals surface area (Å²) in [6.07, 6.45) is 2.63. The Labute approximate surface area is 162 Å². The van der Waals surface area contributed by atoms with Gasteiger partial charge in [-0.2, -0.15) is 0 Å². The lowest BCUT2D eigenvalue weighted by molar-refractivity contribution is 0.489. The fraction of sp³-hybridized carbons (Fsp3) is 0.364. The molecule has 0 aliphatic heterocycles. The van der Waals surface area contributed by atoms with Gasteiger partial charge in [-0.3, -0.25) is 0 Å². The first-order valence-electron chi connectivity index (χ1n) is 9.40. The van der Waals surface area contributed by atoms with Crippen molar-refractivity contribution in [3.8, 4) is 0 Å². The van der Waals surface area contributed by atoms with Crippen molar-refractivity contribution in [3.05, 3.63) is 64.8 Å². The van der Waals surface area contributed by atoms with Gasteiger partial charge in [-0.15, -0.1) is 0 Å². The Morgan fingerprint density at radius 2 is 1.70 bits per heavy atom.